The third kappa shape index (κ3) is 7.59. The third-order valence-corrected chi connectivity index (χ3v) is 6.67. The van der Waals surface area contributed by atoms with Crippen molar-refractivity contribution in [3.8, 4) is 0 Å². The molecule has 0 spiro atoms. The van der Waals surface area contributed by atoms with Crippen molar-refractivity contribution in [2.45, 2.75) is 12.8 Å². The summed E-state index contributed by atoms with van der Waals surface area (Å²) in [6.45, 7) is 4.48. The monoisotopic (exact) mass is 528 g/mol. The molecule has 0 atom stereocenters. The van der Waals surface area contributed by atoms with Crippen molar-refractivity contribution >= 4 is 22.9 Å². The Morgan fingerprint density at radius 2 is 0.921 bits per heavy atom. The standard InChI is InChI=1S/C28H40N4O6/c33-17-13-31(14-18-34)11-3-9-29-23-7-8-24(30-10-4-12-32(15-19-35)16-20-36)26-25(23)27(37)21-5-1-2-6-22(21)28(26)38/h1-2,5-8,29-30,33-36H,3-4,9-20H2. The topological polar surface area (TPSA) is 146 Å². The highest BCUT2D eigenvalue weighted by atomic mass is 16.3. The van der Waals surface area contributed by atoms with Gasteiger partial charge in [0.15, 0.2) is 11.6 Å². The van der Waals surface area contributed by atoms with Crippen LogP contribution >= 0.6 is 0 Å². The summed E-state index contributed by atoms with van der Waals surface area (Å²) in [6.07, 6.45) is 1.46. The van der Waals surface area contributed by atoms with Gasteiger partial charge in [0.05, 0.1) is 37.6 Å². The van der Waals surface area contributed by atoms with E-state index in [0.29, 0.717) is 86.0 Å². The number of carbonyl (C=O) groups is 2. The van der Waals surface area contributed by atoms with Crippen LogP contribution in [-0.2, 0) is 0 Å². The van der Waals surface area contributed by atoms with Gasteiger partial charge in [0, 0.05) is 61.8 Å². The summed E-state index contributed by atoms with van der Waals surface area (Å²) in [5, 5.41) is 43.5. The number of carbonyl (C=O) groups excluding carboxylic acids is 2. The van der Waals surface area contributed by atoms with Gasteiger partial charge in [-0.1, -0.05) is 24.3 Å². The van der Waals surface area contributed by atoms with Crippen LogP contribution in [0, 0.1) is 0 Å². The summed E-state index contributed by atoms with van der Waals surface area (Å²) >= 11 is 0. The minimum Gasteiger partial charge on any atom is -0.395 e. The van der Waals surface area contributed by atoms with Gasteiger partial charge in [-0.25, -0.2) is 0 Å². The molecular weight excluding hydrogens is 488 g/mol. The second kappa shape index (κ2) is 15.5. The van der Waals surface area contributed by atoms with Gasteiger partial charge in [-0.3, -0.25) is 19.4 Å². The van der Waals surface area contributed by atoms with E-state index >= 15 is 0 Å². The number of ketones is 2. The van der Waals surface area contributed by atoms with E-state index in [4.69, 9.17) is 0 Å². The van der Waals surface area contributed by atoms with Crippen molar-refractivity contribution in [2.24, 2.45) is 0 Å². The molecule has 6 N–H and O–H groups in total. The zero-order valence-corrected chi connectivity index (χ0v) is 21.9. The molecule has 0 saturated heterocycles. The summed E-state index contributed by atoms with van der Waals surface area (Å²) in [6, 6.07) is 10.5. The first-order chi connectivity index (χ1) is 18.5. The van der Waals surface area contributed by atoms with Crippen LogP contribution in [0.5, 0.6) is 0 Å². The maximum Gasteiger partial charge on any atom is 0.196 e. The molecule has 0 unspecified atom stereocenters. The van der Waals surface area contributed by atoms with Crippen LogP contribution in [0.25, 0.3) is 0 Å². The minimum atomic E-state index is -0.194. The van der Waals surface area contributed by atoms with E-state index in [1.54, 1.807) is 24.3 Å². The Hall–Kier alpha value is -2.86. The fourth-order valence-electron chi connectivity index (χ4n) is 4.81. The molecule has 2 aromatic rings. The number of hydrogen-bond acceptors (Lipinski definition) is 10. The molecule has 0 bridgehead atoms. The lowest BCUT2D eigenvalue weighted by Crippen LogP contribution is -2.32. The molecule has 0 aliphatic heterocycles. The zero-order chi connectivity index (χ0) is 27.3. The van der Waals surface area contributed by atoms with Crippen molar-refractivity contribution in [1.82, 2.24) is 9.80 Å². The predicted octanol–water partition coefficient (Wildman–Crippen LogP) is 0.639. The van der Waals surface area contributed by atoms with Crippen LogP contribution in [0.3, 0.4) is 0 Å². The second-order valence-electron chi connectivity index (χ2n) is 9.25. The van der Waals surface area contributed by atoms with Gasteiger partial charge >= 0.3 is 0 Å². The van der Waals surface area contributed by atoms with E-state index < -0.39 is 0 Å². The molecule has 1 aliphatic rings. The number of hydrogen-bond donors (Lipinski definition) is 6. The Balaban J connectivity index is 1.76. The Morgan fingerprint density at radius 3 is 1.26 bits per heavy atom. The lowest BCUT2D eigenvalue weighted by Gasteiger charge is -2.25. The summed E-state index contributed by atoms with van der Waals surface area (Å²) in [5.74, 6) is -0.388. The first kappa shape index (κ1) is 29.7. The van der Waals surface area contributed by atoms with Gasteiger partial charge in [-0.2, -0.15) is 0 Å². The number of rotatable bonds is 18. The van der Waals surface area contributed by atoms with Crippen LogP contribution < -0.4 is 10.6 Å². The molecule has 3 rings (SSSR count). The van der Waals surface area contributed by atoms with E-state index in [0.717, 1.165) is 12.8 Å². The Bertz CT molecular complexity index is 970. The highest BCUT2D eigenvalue weighted by Crippen LogP contribution is 2.36. The van der Waals surface area contributed by atoms with E-state index in [-0.39, 0.29) is 38.0 Å². The molecule has 1 aliphatic carbocycles. The van der Waals surface area contributed by atoms with Gasteiger partial charge < -0.3 is 31.1 Å². The van der Waals surface area contributed by atoms with Crippen LogP contribution in [-0.4, -0.2) is 121 Å². The number of anilines is 2. The molecule has 0 saturated carbocycles. The summed E-state index contributed by atoms with van der Waals surface area (Å²) < 4.78 is 0. The number of aliphatic hydroxyl groups is 4. The number of benzene rings is 2. The van der Waals surface area contributed by atoms with Crippen molar-refractivity contribution in [3.05, 3.63) is 58.7 Å². The van der Waals surface area contributed by atoms with Crippen LogP contribution in [0.15, 0.2) is 36.4 Å². The van der Waals surface area contributed by atoms with Gasteiger partial charge in [0.25, 0.3) is 0 Å². The first-order valence-electron chi connectivity index (χ1n) is 13.3. The molecule has 2 aromatic carbocycles. The molecule has 208 valence electrons. The highest BCUT2D eigenvalue weighted by molar-refractivity contribution is 6.31. The molecule has 0 heterocycles. The first-order valence-corrected chi connectivity index (χ1v) is 13.3. The Morgan fingerprint density at radius 1 is 0.553 bits per heavy atom. The third-order valence-electron chi connectivity index (χ3n) is 6.67. The van der Waals surface area contributed by atoms with Crippen molar-refractivity contribution in [1.29, 1.82) is 0 Å². The van der Waals surface area contributed by atoms with Crippen molar-refractivity contribution < 1.29 is 30.0 Å². The van der Waals surface area contributed by atoms with Gasteiger partial charge in [-0.05, 0) is 38.1 Å². The zero-order valence-electron chi connectivity index (χ0n) is 21.9. The lowest BCUT2D eigenvalue weighted by atomic mass is 9.82. The molecular formula is C28H40N4O6. The SMILES string of the molecule is O=C1c2ccccc2C(=O)c2c(NCCCN(CCO)CCO)ccc(NCCCN(CCO)CCO)c21. The summed E-state index contributed by atoms with van der Waals surface area (Å²) in [5.41, 5.74) is 2.72. The number of aliphatic hydroxyl groups excluding tert-OH is 4. The number of fused-ring (bicyclic) bond motifs is 2. The minimum absolute atomic E-state index is 0.0202. The summed E-state index contributed by atoms with van der Waals surface area (Å²) in [4.78, 5) is 31.1. The molecule has 0 aromatic heterocycles. The van der Waals surface area contributed by atoms with Crippen molar-refractivity contribution in [2.75, 3.05) is 89.4 Å². The van der Waals surface area contributed by atoms with E-state index in [2.05, 4.69) is 10.6 Å². The fourth-order valence-corrected chi connectivity index (χ4v) is 4.81. The molecule has 10 heteroatoms. The normalized spacial score (nSPS) is 12.7. The molecule has 0 radical (unpaired) electrons. The smallest absolute Gasteiger partial charge is 0.196 e. The van der Waals surface area contributed by atoms with E-state index in [1.165, 1.54) is 0 Å². The van der Waals surface area contributed by atoms with E-state index in [9.17, 15) is 30.0 Å². The van der Waals surface area contributed by atoms with Crippen LogP contribution in [0.2, 0.25) is 0 Å². The van der Waals surface area contributed by atoms with Gasteiger partial charge in [0.2, 0.25) is 0 Å². The Labute approximate surface area is 223 Å². The maximum absolute atomic E-state index is 13.6. The predicted molar refractivity (Wildman–Crippen MR) is 147 cm³/mol. The number of nitrogens with one attached hydrogen (secondary N) is 2. The average Bonchev–Trinajstić information content (AvgIpc) is 2.92. The average molecular weight is 529 g/mol. The Kier molecular flexibility index (Phi) is 12.1. The molecule has 10 nitrogen and oxygen atoms in total. The van der Waals surface area contributed by atoms with Crippen LogP contribution in [0.1, 0.15) is 44.7 Å². The second-order valence-corrected chi connectivity index (χ2v) is 9.25. The lowest BCUT2D eigenvalue weighted by molar-refractivity contribution is 0.0980. The summed E-state index contributed by atoms with van der Waals surface area (Å²) in [7, 11) is 0. The van der Waals surface area contributed by atoms with E-state index in [1.807, 2.05) is 21.9 Å². The van der Waals surface area contributed by atoms with Gasteiger partial charge in [-0.15, -0.1) is 0 Å². The molecule has 38 heavy (non-hydrogen) atoms. The van der Waals surface area contributed by atoms with Gasteiger partial charge in [0.1, 0.15) is 0 Å². The molecule has 0 fully saturated rings. The fraction of sp³-hybridized carbons (Fsp3) is 0.500. The van der Waals surface area contributed by atoms with Crippen molar-refractivity contribution in [3.63, 3.8) is 0 Å². The largest absolute Gasteiger partial charge is 0.395 e. The van der Waals surface area contributed by atoms with Crippen LogP contribution in [0.4, 0.5) is 11.4 Å². The molecule has 0 amide bonds. The quantitative estimate of drug-likeness (QED) is 0.130. The highest BCUT2D eigenvalue weighted by Gasteiger charge is 2.33. The number of nitrogens with zero attached hydrogens (tertiary/aromatic N) is 2. The maximum atomic E-state index is 13.6.